The van der Waals surface area contributed by atoms with Gasteiger partial charge in [-0.2, -0.15) is 0 Å². The summed E-state index contributed by atoms with van der Waals surface area (Å²) < 4.78 is 19.3. The van der Waals surface area contributed by atoms with E-state index in [9.17, 15) is 14.0 Å². The van der Waals surface area contributed by atoms with Gasteiger partial charge < -0.3 is 9.73 Å². The molecule has 4 nitrogen and oxygen atoms in total. The fourth-order valence-corrected chi connectivity index (χ4v) is 2.49. The molecule has 0 saturated carbocycles. The third-order valence-corrected chi connectivity index (χ3v) is 3.86. The second-order valence-electron chi connectivity index (χ2n) is 4.92. The van der Waals surface area contributed by atoms with Gasteiger partial charge in [0.25, 0.3) is 5.91 Å². The third kappa shape index (κ3) is 3.48. The van der Waals surface area contributed by atoms with Crippen molar-refractivity contribution < 1.29 is 13.6 Å². The van der Waals surface area contributed by atoms with Crippen molar-refractivity contribution in [2.24, 2.45) is 0 Å². The van der Waals surface area contributed by atoms with Crippen molar-refractivity contribution in [1.29, 1.82) is 0 Å². The number of carbonyl (C=O) groups excluding carboxylic acids is 1. The molecule has 2 aromatic carbocycles. The molecule has 0 aliphatic carbocycles. The van der Waals surface area contributed by atoms with Crippen LogP contribution >= 0.6 is 15.9 Å². The molecule has 3 aromatic rings. The molecule has 23 heavy (non-hydrogen) atoms. The van der Waals surface area contributed by atoms with Crippen LogP contribution in [0.4, 0.5) is 4.39 Å². The molecule has 1 N–H and O–H groups in total. The summed E-state index contributed by atoms with van der Waals surface area (Å²) >= 11 is 3.30. The van der Waals surface area contributed by atoms with Crippen molar-refractivity contribution in [3.63, 3.8) is 0 Å². The second kappa shape index (κ2) is 6.34. The molecule has 116 valence electrons. The maximum atomic E-state index is 13.4. The van der Waals surface area contributed by atoms with E-state index in [-0.39, 0.29) is 18.0 Å². The van der Waals surface area contributed by atoms with Crippen LogP contribution in [0.15, 0.2) is 62.2 Å². The summed E-state index contributed by atoms with van der Waals surface area (Å²) in [4.78, 5) is 23.7. The van der Waals surface area contributed by atoms with Crippen molar-refractivity contribution in [2.45, 2.75) is 6.54 Å². The molecule has 1 heterocycles. The first-order chi connectivity index (χ1) is 11.0. The third-order valence-electron chi connectivity index (χ3n) is 3.34. The van der Waals surface area contributed by atoms with E-state index >= 15 is 0 Å². The van der Waals surface area contributed by atoms with Gasteiger partial charge in [0.1, 0.15) is 11.4 Å². The SMILES string of the molecule is O=C(NCc1cc(=O)oc2ccc(F)cc12)c1ccc(Br)cc1. The molecule has 0 bridgehead atoms. The Morgan fingerprint density at radius 2 is 1.87 bits per heavy atom. The van der Waals surface area contributed by atoms with Gasteiger partial charge in [-0.1, -0.05) is 15.9 Å². The maximum absolute atomic E-state index is 13.4. The summed E-state index contributed by atoms with van der Waals surface area (Å²) in [6.45, 7) is 0.0977. The van der Waals surface area contributed by atoms with Crippen molar-refractivity contribution in [3.05, 3.63) is 80.4 Å². The number of benzene rings is 2. The number of carbonyl (C=O) groups is 1. The van der Waals surface area contributed by atoms with Gasteiger partial charge in [-0.25, -0.2) is 9.18 Å². The minimum atomic E-state index is -0.544. The summed E-state index contributed by atoms with van der Waals surface area (Å²) in [5.41, 5.74) is 0.733. The van der Waals surface area contributed by atoms with Gasteiger partial charge in [-0.05, 0) is 48.0 Å². The highest BCUT2D eigenvalue weighted by atomic mass is 79.9. The lowest BCUT2D eigenvalue weighted by molar-refractivity contribution is 0.0951. The number of hydrogen-bond acceptors (Lipinski definition) is 3. The van der Waals surface area contributed by atoms with Crippen LogP contribution < -0.4 is 10.9 Å². The van der Waals surface area contributed by atoms with E-state index in [1.54, 1.807) is 24.3 Å². The highest BCUT2D eigenvalue weighted by Crippen LogP contribution is 2.18. The van der Waals surface area contributed by atoms with Gasteiger partial charge >= 0.3 is 5.63 Å². The summed E-state index contributed by atoms with van der Waals surface area (Å²) in [6, 6.07) is 12.0. The van der Waals surface area contributed by atoms with Crippen LogP contribution in [-0.4, -0.2) is 5.91 Å². The van der Waals surface area contributed by atoms with E-state index in [0.29, 0.717) is 16.5 Å². The zero-order valence-electron chi connectivity index (χ0n) is 11.8. The lowest BCUT2D eigenvalue weighted by Crippen LogP contribution is -2.23. The van der Waals surface area contributed by atoms with Crippen LogP contribution in [0.5, 0.6) is 0 Å². The van der Waals surface area contributed by atoms with Crippen LogP contribution in [0.1, 0.15) is 15.9 Å². The molecule has 0 saturated heterocycles. The Hall–Kier alpha value is -2.47. The van der Waals surface area contributed by atoms with Crippen LogP contribution in [-0.2, 0) is 6.54 Å². The zero-order chi connectivity index (χ0) is 16.4. The molecular formula is C17H11BrFNO3. The lowest BCUT2D eigenvalue weighted by Gasteiger charge is -2.08. The Labute approximate surface area is 139 Å². The van der Waals surface area contributed by atoms with Crippen LogP contribution in [0.25, 0.3) is 11.0 Å². The molecule has 0 radical (unpaired) electrons. The van der Waals surface area contributed by atoms with Crippen molar-refractivity contribution in [3.8, 4) is 0 Å². The Kier molecular flexibility index (Phi) is 4.25. The quantitative estimate of drug-likeness (QED) is 0.711. The fraction of sp³-hybridized carbons (Fsp3) is 0.0588. The van der Waals surface area contributed by atoms with E-state index in [1.165, 1.54) is 24.3 Å². The van der Waals surface area contributed by atoms with Gasteiger partial charge in [0.05, 0.1) is 0 Å². The number of hydrogen-bond donors (Lipinski definition) is 1. The van der Waals surface area contributed by atoms with E-state index < -0.39 is 11.4 Å². The van der Waals surface area contributed by atoms with E-state index in [1.807, 2.05) is 0 Å². The smallest absolute Gasteiger partial charge is 0.336 e. The number of amides is 1. The summed E-state index contributed by atoms with van der Waals surface area (Å²) in [5, 5.41) is 3.18. The summed E-state index contributed by atoms with van der Waals surface area (Å²) in [6.07, 6.45) is 0. The number of rotatable bonds is 3. The second-order valence-corrected chi connectivity index (χ2v) is 5.84. The summed E-state index contributed by atoms with van der Waals surface area (Å²) in [5.74, 6) is -0.720. The number of fused-ring (bicyclic) bond motifs is 1. The van der Waals surface area contributed by atoms with Crippen LogP contribution in [0.3, 0.4) is 0 Å². The molecular weight excluding hydrogens is 365 g/mol. The topological polar surface area (TPSA) is 59.3 Å². The number of halogens is 2. The maximum Gasteiger partial charge on any atom is 0.336 e. The largest absolute Gasteiger partial charge is 0.423 e. The Balaban J connectivity index is 1.86. The van der Waals surface area contributed by atoms with Gasteiger partial charge in [-0.3, -0.25) is 4.79 Å². The molecule has 1 amide bonds. The molecule has 0 fully saturated rings. The lowest BCUT2D eigenvalue weighted by atomic mass is 10.1. The predicted octanol–water partition coefficient (Wildman–Crippen LogP) is 3.62. The average molecular weight is 376 g/mol. The first-order valence-electron chi connectivity index (χ1n) is 6.79. The minimum Gasteiger partial charge on any atom is -0.423 e. The first kappa shape index (κ1) is 15.4. The zero-order valence-corrected chi connectivity index (χ0v) is 13.4. The van der Waals surface area contributed by atoms with Crippen molar-refractivity contribution in [1.82, 2.24) is 5.32 Å². The summed E-state index contributed by atoms with van der Waals surface area (Å²) in [7, 11) is 0. The molecule has 0 aliphatic rings. The average Bonchev–Trinajstić information content (AvgIpc) is 2.53. The first-order valence-corrected chi connectivity index (χ1v) is 7.58. The molecule has 0 atom stereocenters. The van der Waals surface area contributed by atoms with E-state index in [2.05, 4.69) is 21.2 Å². The number of nitrogens with one attached hydrogen (secondary N) is 1. The van der Waals surface area contributed by atoms with Crippen molar-refractivity contribution >= 4 is 32.8 Å². The Bertz CT molecular complexity index is 935. The normalized spacial score (nSPS) is 10.7. The minimum absolute atomic E-state index is 0.0977. The van der Waals surface area contributed by atoms with E-state index in [4.69, 9.17) is 4.42 Å². The van der Waals surface area contributed by atoms with Gasteiger partial charge in [0.2, 0.25) is 0 Å². The highest BCUT2D eigenvalue weighted by Gasteiger charge is 2.10. The monoisotopic (exact) mass is 375 g/mol. The molecule has 1 aromatic heterocycles. The predicted molar refractivity (Wildman–Crippen MR) is 87.8 cm³/mol. The van der Waals surface area contributed by atoms with Gasteiger partial charge in [-0.15, -0.1) is 0 Å². The molecule has 3 rings (SSSR count). The molecule has 0 unspecified atom stereocenters. The molecule has 0 spiro atoms. The Morgan fingerprint density at radius 1 is 1.13 bits per heavy atom. The van der Waals surface area contributed by atoms with Crippen LogP contribution in [0, 0.1) is 5.82 Å². The highest BCUT2D eigenvalue weighted by molar-refractivity contribution is 9.10. The van der Waals surface area contributed by atoms with Crippen molar-refractivity contribution in [2.75, 3.05) is 0 Å². The van der Waals surface area contributed by atoms with Gasteiger partial charge in [0, 0.05) is 28.0 Å². The van der Waals surface area contributed by atoms with Gasteiger partial charge in [0.15, 0.2) is 0 Å². The standard InChI is InChI=1S/C17H11BrFNO3/c18-12-3-1-10(2-4-12)17(22)20-9-11-7-16(21)23-15-6-5-13(19)8-14(11)15/h1-8H,9H2,(H,20,22). The molecule has 6 heteroatoms. The fourth-order valence-electron chi connectivity index (χ4n) is 2.23. The van der Waals surface area contributed by atoms with E-state index in [0.717, 1.165) is 4.47 Å². The van der Waals surface area contributed by atoms with Crippen LogP contribution in [0.2, 0.25) is 0 Å². The Morgan fingerprint density at radius 3 is 2.61 bits per heavy atom. The molecule has 0 aliphatic heterocycles.